The largest absolute Gasteiger partial charge is 0.0656 e. The second kappa shape index (κ2) is 8.99. The third-order valence-corrected chi connectivity index (χ3v) is 3.98. The molecule has 0 rings (SSSR count). The van der Waals surface area contributed by atoms with Crippen molar-refractivity contribution in [1.82, 2.24) is 0 Å². The molecule has 0 unspecified atom stereocenters. The summed E-state index contributed by atoms with van der Waals surface area (Å²) in [4.78, 5) is 0. The standard InChI is InChI=1S/C8H18.C7H16.C3H8/c1-7(2,3)8(4,5)6;1-6(2)7(3,4)5;1-3-2/h1-6H3;6H,1-5H3;3H2,1-2H3. The first-order valence-electron chi connectivity index (χ1n) is 7.61. The molecule has 18 heavy (non-hydrogen) atoms. The molecule has 0 heterocycles. The van der Waals surface area contributed by atoms with Crippen LogP contribution in [-0.4, -0.2) is 0 Å². The van der Waals surface area contributed by atoms with Crippen LogP contribution in [0.15, 0.2) is 0 Å². The molecule has 0 atom stereocenters. The smallest absolute Gasteiger partial charge is 0.0334 e. The molecule has 0 aliphatic heterocycles. The van der Waals surface area contributed by atoms with Crippen LogP contribution < -0.4 is 0 Å². The lowest BCUT2D eigenvalue weighted by molar-refractivity contribution is 0.157. The minimum absolute atomic E-state index is 0.437. The number of hydrogen-bond donors (Lipinski definition) is 0. The zero-order chi connectivity index (χ0) is 15.8. The summed E-state index contributed by atoms with van der Waals surface area (Å²) in [6.07, 6.45) is 1.25. The first kappa shape index (κ1) is 23.1. The summed E-state index contributed by atoms with van der Waals surface area (Å²) in [6.45, 7) is 29.2. The second-order valence-corrected chi connectivity index (χ2v) is 8.73. The fourth-order valence-electron chi connectivity index (χ4n) is 0. The molecule has 0 aliphatic rings. The lowest BCUT2D eigenvalue weighted by Crippen LogP contribution is -2.25. The highest BCUT2D eigenvalue weighted by Gasteiger charge is 2.26. The number of rotatable bonds is 0. The van der Waals surface area contributed by atoms with E-state index in [1.807, 2.05) is 0 Å². The quantitative estimate of drug-likeness (QED) is 0.431. The van der Waals surface area contributed by atoms with E-state index in [9.17, 15) is 0 Å². The topological polar surface area (TPSA) is 0 Å². The van der Waals surface area contributed by atoms with Gasteiger partial charge in [0, 0.05) is 0 Å². The van der Waals surface area contributed by atoms with Crippen LogP contribution in [-0.2, 0) is 0 Å². The van der Waals surface area contributed by atoms with E-state index in [1.54, 1.807) is 0 Å². The third-order valence-electron chi connectivity index (χ3n) is 3.98. The van der Waals surface area contributed by atoms with Gasteiger partial charge in [-0.15, -0.1) is 0 Å². The molecule has 0 saturated heterocycles. The third kappa shape index (κ3) is 16.0. The summed E-state index contributed by atoms with van der Waals surface area (Å²) in [6, 6.07) is 0. The van der Waals surface area contributed by atoms with E-state index < -0.39 is 0 Å². The van der Waals surface area contributed by atoms with Crippen molar-refractivity contribution in [2.45, 2.75) is 96.4 Å². The normalized spacial score (nSPS) is 12.3. The summed E-state index contributed by atoms with van der Waals surface area (Å²) in [5, 5.41) is 0. The summed E-state index contributed by atoms with van der Waals surface area (Å²) < 4.78 is 0. The van der Waals surface area contributed by atoms with Crippen LogP contribution in [0.2, 0.25) is 0 Å². The van der Waals surface area contributed by atoms with Gasteiger partial charge >= 0.3 is 0 Å². The zero-order valence-electron chi connectivity index (χ0n) is 15.8. The molecule has 0 spiro atoms. The van der Waals surface area contributed by atoms with Crippen LogP contribution in [0, 0.1) is 22.2 Å². The average molecular weight is 259 g/mol. The first-order valence-corrected chi connectivity index (χ1v) is 7.61. The summed E-state index contributed by atoms with van der Waals surface area (Å²) in [5.41, 5.74) is 1.38. The van der Waals surface area contributed by atoms with Crippen LogP contribution in [0.3, 0.4) is 0 Å². The fourth-order valence-corrected chi connectivity index (χ4v) is 0. The summed E-state index contributed by atoms with van der Waals surface area (Å²) >= 11 is 0. The van der Waals surface area contributed by atoms with Crippen molar-refractivity contribution in [3.63, 3.8) is 0 Å². The molecular formula is C18H42. The summed E-state index contributed by atoms with van der Waals surface area (Å²) in [7, 11) is 0. The lowest BCUT2D eigenvalue weighted by Gasteiger charge is -2.34. The Morgan fingerprint density at radius 1 is 0.611 bits per heavy atom. The molecule has 0 amide bonds. The highest BCUT2D eigenvalue weighted by Crippen LogP contribution is 2.36. The van der Waals surface area contributed by atoms with Crippen molar-refractivity contribution >= 4 is 0 Å². The Balaban J connectivity index is -0.000000207. The van der Waals surface area contributed by atoms with E-state index in [0.717, 1.165) is 5.92 Å². The van der Waals surface area contributed by atoms with Crippen LogP contribution >= 0.6 is 0 Å². The van der Waals surface area contributed by atoms with Gasteiger partial charge in [-0.1, -0.05) is 96.4 Å². The van der Waals surface area contributed by atoms with Crippen molar-refractivity contribution in [3.8, 4) is 0 Å². The molecule has 0 aromatic heterocycles. The van der Waals surface area contributed by atoms with Crippen molar-refractivity contribution < 1.29 is 0 Å². The van der Waals surface area contributed by atoms with E-state index in [4.69, 9.17) is 0 Å². The molecular weight excluding hydrogens is 216 g/mol. The molecule has 0 saturated carbocycles. The Labute approximate surface area is 119 Å². The molecule has 0 aromatic carbocycles. The average Bonchev–Trinajstić information content (AvgIpc) is 2.00. The van der Waals surface area contributed by atoms with Crippen molar-refractivity contribution in [3.05, 3.63) is 0 Å². The molecule has 0 bridgehead atoms. The molecule has 0 radical (unpaired) electrons. The zero-order valence-corrected chi connectivity index (χ0v) is 15.8. The molecule has 0 nitrogen and oxygen atoms in total. The lowest BCUT2D eigenvalue weighted by atomic mass is 9.71. The molecule has 0 heteroatoms. The van der Waals surface area contributed by atoms with Gasteiger partial charge in [-0.05, 0) is 22.2 Å². The van der Waals surface area contributed by atoms with Gasteiger partial charge in [-0.3, -0.25) is 0 Å². The highest BCUT2D eigenvalue weighted by atomic mass is 14.3. The molecule has 0 aliphatic carbocycles. The van der Waals surface area contributed by atoms with Crippen LogP contribution in [0.1, 0.15) is 96.4 Å². The van der Waals surface area contributed by atoms with E-state index in [1.165, 1.54) is 6.42 Å². The minimum Gasteiger partial charge on any atom is -0.0656 e. The Morgan fingerprint density at radius 2 is 0.722 bits per heavy atom. The molecule has 0 aromatic rings. The fraction of sp³-hybridized carbons (Fsp3) is 1.00. The monoisotopic (exact) mass is 258 g/mol. The minimum atomic E-state index is 0.437. The Bertz CT molecular complexity index is 154. The van der Waals surface area contributed by atoms with Crippen molar-refractivity contribution in [1.29, 1.82) is 0 Å². The van der Waals surface area contributed by atoms with Gasteiger partial charge in [0.2, 0.25) is 0 Å². The molecule has 0 N–H and O–H groups in total. The van der Waals surface area contributed by atoms with E-state index in [2.05, 4.69) is 90.0 Å². The van der Waals surface area contributed by atoms with Gasteiger partial charge in [0.1, 0.15) is 0 Å². The van der Waals surface area contributed by atoms with E-state index in [-0.39, 0.29) is 0 Å². The maximum absolute atomic E-state index is 2.27. The van der Waals surface area contributed by atoms with Crippen LogP contribution in [0.25, 0.3) is 0 Å². The predicted molar refractivity (Wildman–Crippen MR) is 89.2 cm³/mol. The number of hydrogen-bond acceptors (Lipinski definition) is 0. The van der Waals surface area contributed by atoms with Gasteiger partial charge < -0.3 is 0 Å². The van der Waals surface area contributed by atoms with Gasteiger partial charge in [-0.2, -0.15) is 0 Å². The maximum Gasteiger partial charge on any atom is -0.0334 e. The van der Waals surface area contributed by atoms with Gasteiger partial charge in [-0.25, -0.2) is 0 Å². The molecule has 114 valence electrons. The van der Waals surface area contributed by atoms with Crippen molar-refractivity contribution in [2.75, 3.05) is 0 Å². The maximum atomic E-state index is 2.27. The van der Waals surface area contributed by atoms with Gasteiger partial charge in [0.25, 0.3) is 0 Å². The highest BCUT2D eigenvalue weighted by molar-refractivity contribution is 4.77. The van der Waals surface area contributed by atoms with Gasteiger partial charge in [0.15, 0.2) is 0 Å². The van der Waals surface area contributed by atoms with Crippen LogP contribution in [0.4, 0.5) is 0 Å². The van der Waals surface area contributed by atoms with E-state index in [0.29, 0.717) is 16.2 Å². The van der Waals surface area contributed by atoms with Gasteiger partial charge in [0.05, 0.1) is 0 Å². The Kier molecular flexibility index (Phi) is 11.5. The van der Waals surface area contributed by atoms with Crippen molar-refractivity contribution in [2.24, 2.45) is 22.2 Å². The van der Waals surface area contributed by atoms with E-state index >= 15 is 0 Å². The first-order chi connectivity index (χ1) is 7.61. The Morgan fingerprint density at radius 3 is 0.722 bits per heavy atom. The predicted octanol–water partition coefficient (Wildman–Crippen LogP) is 7.18. The summed E-state index contributed by atoms with van der Waals surface area (Å²) in [5.74, 6) is 0.799. The van der Waals surface area contributed by atoms with Crippen LogP contribution in [0.5, 0.6) is 0 Å². The molecule has 0 fully saturated rings. The SMILES string of the molecule is CC(C)(C)C(C)(C)C.CC(C)C(C)(C)C.CCC. The Hall–Kier alpha value is 0. The second-order valence-electron chi connectivity index (χ2n) is 8.73.